The molecule has 7 nitrogen and oxygen atoms in total. The monoisotopic (exact) mass is 300 g/mol. The molecule has 0 aliphatic carbocycles. The molecule has 1 heterocycles. The van der Waals surface area contributed by atoms with Crippen molar-refractivity contribution in [3.63, 3.8) is 0 Å². The van der Waals surface area contributed by atoms with Gasteiger partial charge in [-0.3, -0.25) is 4.79 Å². The number of carboxylic acid groups (broad SMARTS) is 1. The van der Waals surface area contributed by atoms with Gasteiger partial charge in [0.25, 0.3) is 0 Å². The number of carbonyl (C=O) groups excluding carboxylic acids is 2. The summed E-state index contributed by atoms with van der Waals surface area (Å²) in [6.45, 7) is 6.52. The van der Waals surface area contributed by atoms with Crippen molar-refractivity contribution in [3.05, 3.63) is 0 Å². The number of hydrogen-bond donors (Lipinski definition) is 2. The summed E-state index contributed by atoms with van der Waals surface area (Å²) in [4.78, 5) is 36.2. The second-order valence-corrected chi connectivity index (χ2v) is 6.16. The Labute approximate surface area is 124 Å². The zero-order chi connectivity index (χ0) is 16.0. The molecule has 21 heavy (non-hydrogen) atoms. The van der Waals surface area contributed by atoms with E-state index in [1.165, 1.54) is 0 Å². The average molecular weight is 300 g/mol. The van der Waals surface area contributed by atoms with Gasteiger partial charge in [0.15, 0.2) is 0 Å². The van der Waals surface area contributed by atoms with E-state index in [9.17, 15) is 14.4 Å². The van der Waals surface area contributed by atoms with E-state index in [0.29, 0.717) is 13.1 Å². The minimum Gasteiger partial charge on any atom is -0.480 e. The van der Waals surface area contributed by atoms with Gasteiger partial charge < -0.3 is 20.1 Å². The van der Waals surface area contributed by atoms with Gasteiger partial charge in [0.05, 0.1) is 0 Å². The molecule has 2 N–H and O–H groups in total. The quantitative estimate of drug-likeness (QED) is 0.747. The molecule has 1 fully saturated rings. The fourth-order valence-electron chi connectivity index (χ4n) is 2.07. The highest BCUT2D eigenvalue weighted by Crippen LogP contribution is 2.11. The SMILES string of the molecule is CC(C)(C)OC(=O)CC[C@@H](NC(=O)N1CCCC1)C(=O)O. The molecule has 0 saturated carbocycles. The van der Waals surface area contributed by atoms with Crippen molar-refractivity contribution < 1.29 is 24.2 Å². The molecule has 2 amide bonds. The van der Waals surface area contributed by atoms with E-state index in [4.69, 9.17) is 9.84 Å². The molecule has 0 aromatic rings. The van der Waals surface area contributed by atoms with Crippen molar-refractivity contribution >= 4 is 18.0 Å². The molecular weight excluding hydrogens is 276 g/mol. The lowest BCUT2D eigenvalue weighted by Crippen LogP contribution is -2.47. The highest BCUT2D eigenvalue weighted by Gasteiger charge is 2.26. The summed E-state index contributed by atoms with van der Waals surface area (Å²) in [6.07, 6.45) is 1.84. The summed E-state index contributed by atoms with van der Waals surface area (Å²) in [7, 11) is 0. The first-order valence-corrected chi connectivity index (χ1v) is 7.19. The molecule has 0 unspecified atom stereocenters. The van der Waals surface area contributed by atoms with Crippen LogP contribution in [0.1, 0.15) is 46.5 Å². The predicted molar refractivity (Wildman–Crippen MR) is 75.8 cm³/mol. The number of rotatable bonds is 5. The van der Waals surface area contributed by atoms with Gasteiger partial charge in [0.2, 0.25) is 0 Å². The molecule has 120 valence electrons. The van der Waals surface area contributed by atoms with Gasteiger partial charge in [-0.1, -0.05) is 0 Å². The Bertz CT molecular complexity index is 397. The number of carboxylic acids is 1. The van der Waals surface area contributed by atoms with Crippen molar-refractivity contribution in [2.24, 2.45) is 0 Å². The van der Waals surface area contributed by atoms with E-state index >= 15 is 0 Å². The Balaban J connectivity index is 2.44. The zero-order valence-corrected chi connectivity index (χ0v) is 12.8. The van der Waals surface area contributed by atoms with Gasteiger partial charge in [-0.15, -0.1) is 0 Å². The summed E-state index contributed by atoms with van der Waals surface area (Å²) in [5.74, 6) is -1.62. The van der Waals surface area contributed by atoms with Crippen LogP contribution in [0.25, 0.3) is 0 Å². The standard InChI is InChI=1S/C14H24N2O5/c1-14(2,3)21-11(17)7-6-10(12(18)19)15-13(20)16-8-4-5-9-16/h10H,4-9H2,1-3H3,(H,15,20)(H,18,19)/t10-/m1/s1. The maximum Gasteiger partial charge on any atom is 0.326 e. The first kappa shape index (κ1) is 17.3. The van der Waals surface area contributed by atoms with E-state index in [1.807, 2.05) is 0 Å². The Morgan fingerprint density at radius 2 is 1.81 bits per heavy atom. The third kappa shape index (κ3) is 6.46. The first-order chi connectivity index (χ1) is 9.69. The smallest absolute Gasteiger partial charge is 0.326 e. The van der Waals surface area contributed by atoms with Crippen LogP contribution < -0.4 is 5.32 Å². The number of aliphatic carboxylic acids is 1. The molecule has 1 saturated heterocycles. The largest absolute Gasteiger partial charge is 0.480 e. The van der Waals surface area contributed by atoms with Crippen LogP contribution in [0.15, 0.2) is 0 Å². The highest BCUT2D eigenvalue weighted by molar-refractivity contribution is 5.83. The Kier molecular flexibility index (Phi) is 5.99. The van der Waals surface area contributed by atoms with E-state index in [2.05, 4.69) is 5.32 Å². The number of esters is 1. The molecule has 0 spiro atoms. The van der Waals surface area contributed by atoms with Crippen molar-refractivity contribution in [1.82, 2.24) is 10.2 Å². The minimum absolute atomic E-state index is 0.0177. The fourth-order valence-corrected chi connectivity index (χ4v) is 2.07. The lowest BCUT2D eigenvalue weighted by molar-refractivity contribution is -0.155. The number of ether oxygens (including phenoxy) is 1. The number of amides is 2. The summed E-state index contributed by atoms with van der Waals surface area (Å²) >= 11 is 0. The van der Waals surface area contributed by atoms with Crippen LogP contribution >= 0.6 is 0 Å². The summed E-state index contributed by atoms with van der Waals surface area (Å²) in [5.41, 5.74) is -0.603. The molecule has 1 atom stereocenters. The van der Waals surface area contributed by atoms with Gasteiger partial charge in [-0.05, 0) is 40.0 Å². The van der Waals surface area contributed by atoms with Crippen molar-refractivity contribution in [1.29, 1.82) is 0 Å². The van der Waals surface area contributed by atoms with Crippen molar-refractivity contribution in [2.45, 2.75) is 58.1 Å². The maximum absolute atomic E-state index is 11.9. The molecule has 1 aliphatic heterocycles. The normalized spacial score (nSPS) is 16.4. The van der Waals surface area contributed by atoms with Gasteiger partial charge in [0, 0.05) is 19.5 Å². The lowest BCUT2D eigenvalue weighted by Gasteiger charge is -2.22. The molecule has 1 aliphatic rings. The maximum atomic E-state index is 11.9. The Morgan fingerprint density at radius 3 is 2.29 bits per heavy atom. The van der Waals surface area contributed by atoms with E-state index in [1.54, 1.807) is 25.7 Å². The predicted octanol–water partition coefficient (Wildman–Crippen LogP) is 1.37. The molecule has 7 heteroatoms. The summed E-state index contributed by atoms with van der Waals surface area (Å²) < 4.78 is 5.12. The molecule has 1 rings (SSSR count). The number of carbonyl (C=O) groups is 3. The average Bonchev–Trinajstić information content (AvgIpc) is 2.85. The summed E-state index contributed by atoms with van der Waals surface area (Å²) in [6, 6.07) is -1.46. The minimum atomic E-state index is -1.15. The van der Waals surface area contributed by atoms with Crippen LogP contribution in [0.2, 0.25) is 0 Å². The molecule has 0 aromatic heterocycles. The van der Waals surface area contributed by atoms with Crippen LogP contribution in [0, 0.1) is 0 Å². The van der Waals surface area contributed by atoms with Crippen molar-refractivity contribution in [3.8, 4) is 0 Å². The Hall–Kier alpha value is -1.79. The topological polar surface area (TPSA) is 95.9 Å². The van der Waals surface area contributed by atoms with Crippen LogP contribution in [-0.4, -0.2) is 52.7 Å². The number of nitrogens with one attached hydrogen (secondary N) is 1. The van der Waals surface area contributed by atoms with Crippen molar-refractivity contribution in [2.75, 3.05) is 13.1 Å². The van der Waals surface area contributed by atoms with Gasteiger partial charge in [-0.25, -0.2) is 9.59 Å². The molecule has 0 bridgehead atoms. The highest BCUT2D eigenvalue weighted by atomic mass is 16.6. The van der Waals surface area contributed by atoms with Crippen LogP contribution in [0.4, 0.5) is 4.79 Å². The zero-order valence-electron chi connectivity index (χ0n) is 12.8. The third-order valence-corrected chi connectivity index (χ3v) is 3.05. The molecule has 0 aromatic carbocycles. The summed E-state index contributed by atoms with van der Waals surface area (Å²) in [5, 5.41) is 11.6. The van der Waals surface area contributed by atoms with Crippen LogP contribution in [0.3, 0.4) is 0 Å². The third-order valence-electron chi connectivity index (χ3n) is 3.05. The number of likely N-dealkylation sites (tertiary alicyclic amines) is 1. The lowest BCUT2D eigenvalue weighted by atomic mass is 10.1. The number of hydrogen-bond acceptors (Lipinski definition) is 4. The fraction of sp³-hybridized carbons (Fsp3) is 0.786. The van der Waals surface area contributed by atoms with Gasteiger partial charge in [-0.2, -0.15) is 0 Å². The Morgan fingerprint density at radius 1 is 1.24 bits per heavy atom. The molecular formula is C14H24N2O5. The van der Waals surface area contributed by atoms with E-state index in [0.717, 1.165) is 12.8 Å². The van der Waals surface area contributed by atoms with Crippen LogP contribution in [-0.2, 0) is 14.3 Å². The second-order valence-electron chi connectivity index (χ2n) is 6.16. The molecule has 0 radical (unpaired) electrons. The van der Waals surface area contributed by atoms with E-state index in [-0.39, 0.29) is 18.9 Å². The van der Waals surface area contributed by atoms with Crippen LogP contribution in [0.5, 0.6) is 0 Å². The first-order valence-electron chi connectivity index (χ1n) is 7.19. The number of urea groups is 1. The number of nitrogens with zero attached hydrogens (tertiary/aromatic N) is 1. The van der Waals surface area contributed by atoms with Gasteiger partial charge >= 0.3 is 18.0 Å². The van der Waals surface area contributed by atoms with Gasteiger partial charge in [0.1, 0.15) is 11.6 Å². The second kappa shape index (κ2) is 7.28. The van der Waals surface area contributed by atoms with E-state index < -0.39 is 23.6 Å².